The first kappa shape index (κ1) is 31.8. The summed E-state index contributed by atoms with van der Waals surface area (Å²) in [7, 11) is 0. The molecule has 0 bridgehead atoms. The van der Waals surface area contributed by atoms with Crippen LogP contribution in [0.3, 0.4) is 0 Å². The molecule has 0 aromatic carbocycles. The van der Waals surface area contributed by atoms with Crippen LogP contribution in [-0.2, 0) is 14.3 Å². The van der Waals surface area contributed by atoms with Crippen LogP contribution >= 0.6 is 0 Å². The van der Waals surface area contributed by atoms with Crippen LogP contribution in [0.25, 0.3) is 0 Å². The minimum Gasteiger partial charge on any atom is -0.373 e. The Morgan fingerprint density at radius 2 is 1.36 bits per heavy atom. The lowest BCUT2D eigenvalue weighted by molar-refractivity contribution is -0.104. The Balaban J connectivity index is 0.000000526. The minimum absolute atomic E-state index is 0.289. The first-order chi connectivity index (χ1) is 17.1. The zero-order chi connectivity index (χ0) is 27.0. The van der Waals surface area contributed by atoms with Crippen LogP contribution in [0.15, 0.2) is 82.5 Å². The SMILES string of the molecule is CC1=C(/C=C/C(C)=C/C=C/C(C)=C/C=C/C=C(\C)C=O)C(C)(C)CCC1.CCC1CO1.CCC1CO1. The van der Waals surface area contributed by atoms with Crippen molar-refractivity contribution in [1.29, 1.82) is 0 Å². The lowest BCUT2D eigenvalue weighted by Crippen LogP contribution is -2.19. The van der Waals surface area contributed by atoms with Gasteiger partial charge in [0, 0.05) is 0 Å². The third-order valence-corrected chi connectivity index (χ3v) is 6.50. The highest BCUT2D eigenvalue weighted by Crippen LogP contribution is 2.40. The quantitative estimate of drug-likeness (QED) is 0.139. The highest BCUT2D eigenvalue weighted by atomic mass is 16.6. The number of aldehydes is 1. The van der Waals surface area contributed by atoms with E-state index in [1.165, 1.54) is 54.4 Å². The maximum absolute atomic E-state index is 10.5. The van der Waals surface area contributed by atoms with Crippen LogP contribution in [-0.4, -0.2) is 31.7 Å². The van der Waals surface area contributed by atoms with Gasteiger partial charge in [-0.15, -0.1) is 0 Å². The first-order valence-electron chi connectivity index (χ1n) is 13.6. The van der Waals surface area contributed by atoms with E-state index in [0.29, 0.717) is 12.2 Å². The van der Waals surface area contributed by atoms with Gasteiger partial charge in [0.25, 0.3) is 0 Å². The van der Waals surface area contributed by atoms with Gasteiger partial charge in [-0.3, -0.25) is 4.79 Å². The molecule has 2 atom stereocenters. The molecule has 0 N–H and O–H groups in total. The number of carbonyl (C=O) groups is 1. The monoisotopic (exact) mass is 494 g/mol. The van der Waals surface area contributed by atoms with Crippen molar-refractivity contribution in [2.45, 2.75) is 99.7 Å². The Morgan fingerprint density at radius 3 is 1.81 bits per heavy atom. The van der Waals surface area contributed by atoms with Crippen molar-refractivity contribution in [2.75, 3.05) is 13.2 Å². The molecule has 3 aliphatic rings. The summed E-state index contributed by atoms with van der Waals surface area (Å²) in [5.41, 5.74) is 6.46. The number of rotatable bonds is 9. The van der Waals surface area contributed by atoms with E-state index in [-0.39, 0.29) is 5.41 Å². The predicted molar refractivity (Wildman–Crippen MR) is 155 cm³/mol. The van der Waals surface area contributed by atoms with E-state index >= 15 is 0 Å². The van der Waals surface area contributed by atoms with Crippen molar-refractivity contribution in [3.63, 3.8) is 0 Å². The summed E-state index contributed by atoms with van der Waals surface area (Å²) in [6.45, 7) is 19.3. The highest BCUT2D eigenvalue weighted by molar-refractivity contribution is 5.72. The van der Waals surface area contributed by atoms with Gasteiger partial charge in [0.2, 0.25) is 0 Å². The second-order valence-electron chi connectivity index (χ2n) is 10.6. The van der Waals surface area contributed by atoms with Gasteiger partial charge in [-0.05, 0) is 76.4 Å². The molecule has 1 aliphatic carbocycles. The molecule has 2 unspecified atom stereocenters. The van der Waals surface area contributed by atoms with Crippen LogP contribution < -0.4 is 0 Å². The standard InChI is InChI=1S/C25H34O.2C4H8O/c1-20(11-7-8-12-22(3)19-26)13-9-14-21(2)16-17-24-23(4)15-10-18-25(24,5)6;2*1-2-4-3-5-4/h7-9,11-14,16-17,19H,10,15,18H2,1-6H3;2*4H,2-3H2,1H3/b8-7+,13-9+,17-16+,20-11+,21-14+,22-12+;;. The van der Waals surface area contributed by atoms with E-state index in [4.69, 9.17) is 9.47 Å². The Morgan fingerprint density at radius 1 is 0.861 bits per heavy atom. The van der Waals surface area contributed by atoms with E-state index in [1.54, 1.807) is 13.0 Å². The second-order valence-corrected chi connectivity index (χ2v) is 10.6. The van der Waals surface area contributed by atoms with E-state index in [0.717, 1.165) is 25.1 Å². The summed E-state index contributed by atoms with van der Waals surface area (Å²) in [5, 5.41) is 0. The van der Waals surface area contributed by atoms with E-state index in [2.05, 4.69) is 78.8 Å². The molecule has 0 saturated carbocycles. The fourth-order valence-electron chi connectivity index (χ4n) is 3.75. The third kappa shape index (κ3) is 15.0. The van der Waals surface area contributed by atoms with Gasteiger partial charge in [-0.1, -0.05) is 99.1 Å². The number of allylic oxidation sites excluding steroid dienone is 14. The molecule has 0 radical (unpaired) electrons. The molecule has 2 saturated heterocycles. The smallest absolute Gasteiger partial charge is 0.145 e. The van der Waals surface area contributed by atoms with E-state index in [1.807, 2.05) is 18.2 Å². The van der Waals surface area contributed by atoms with Crippen LogP contribution in [0.5, 0.6) is 0 Å². The lowest BCUT2D eigenvalue weighted by atomic mass is 9.72. The number of carbonyl (C=O) groups excluding carboxylic acids is 1. The molecular weight excluding hydrogens is 444 g/mol. The van der Waals surface area contributed by atoms with Gasteiger partial charge in [-0.25, -0.2) is 0 Å². The van der Waals surface area contributed by atoms with Crippen molar-refractivity contribution in [2.24, 2.45) is 5.41 Å². The normalized spacial score (nSPS) is 23.9. The number of ether oxygens (including phenoxy) is 2. The maximum Gasteiger partial charge on any atom is 0.145 e. The second kappa shape index (κ2) is 17.3. The van der Waals surface area contributed by atoms with Crippen molar-refractivity contribution >= 4 is 6.29 Å². The summed E-state index contributed by atoms with van der Waals surface area (Å²) < 4.78 is 9.72. The fraction of sp³-hybridized carbons (Fsp3) is 0.545. The highest BCUT2D eigenvalue weighted by Gasteiger charge is 2.26. The molecule has 3 rings (SSSR count). The van der Waals surface area contributed by atoms with Gasteiger partial charge < -0.3 is 9.47 Å². The number of hydrogen-bond donors (Lipinski definition) is 0. The van der Waals surface area contributed by atoms with Crippen molar-refractivity contribution in [3.8, 4) is 0 Å². The molecule has 36 heavy (non-hydrogen) atoms. The van der Waals surface area contributed by atoms with Crippen molar-refractivity contribution < 1.29 is 14.3 Å². The summed E-state index contributed by atoms with van der Waals surface area (Å²) in [4.78, 5) is 10.5. The molecule has 2 heterocycles. The van der Waals surface area contributed by atoms with E-state index < -0.39 is 0 Å². The van der Waals surface area contributed by atoms with Gasteiger partial charge in [0.1, 0.15) is 6.29 Å². The zero-order valence-corrected chi connectivity index (χ0v) is 24.1. The summed E-state index contributed by atoms with van der Waals surface area (Å²) in [5.74, 6) is 0. The average molecular weight is 495 g/mol. The Labute approximate surface area is 221 Å². The summed E-state index contributed by atoms with van der Waals surface area (Å²) in [6, 6.07) is 0. The number of hydrogen-bond acceptors (Lipinski definition) is 3. The molecule has 3 nitrogen and oxygen atoms in total. The van der Waals surface area contributed by atoms with Crippen LogP contribution in [0.1, 0.15) is 87.5 Å². The Hall–Kier alpha value is -2.23. The van der Waals surface area contributed by atoms with Crippen LogP contribution in [0.2, 0.25) is 0 Å². The molecule has 200 valence electrons. The lowest BCUT2D eigenvalue weighted by Gasteiger charge is -2.32. The molecule has 2 fully saturated rings. The minimum atomic E-state index is 0.289. The summed E-state index contributed by atoms with van der Waals surface area (Å²) in [6.07, 6.45) is 26.8. The summed E-state index contributed by atoms with van der Waals surface area (Å²) >= 11 is 0. The molecule has 3 heteroatoms. The van der Waals surface area contributed by atoms with E-state index in [9.17, 15) is 4.79 Å². The largest absolute Gasteiger partial charge is 0.373 e. The molecule has 2 aliphatic heterocycles. The molecule has 0 amide bonds. The van der Waals surface area contributed by atoms with Gasteiger partial charge >= 0.3 is 0 Å². The molecule has 0 aromatic heterocycles. The molecule has 0 aromatic rings. The van der Waals surface area contributed by atoms with Crippen molar-refractivity contribution in [3.05, 3.63) is 82.5 Å². The zero-order valence-electron chi connectivity index (χ0n) is 24.1. The molecular formula is C33H50O3. The fourth-order valence-corrected chi connectivity index (χ4v) is 3.75. The average Bonchev–Trinajstić information content (AvgIpc) is 3.75. The Bertz CT molecular complexity index is 870. The van der Waals surface area contributed by atoms with Gasteiger partial charge in [-0.2, -0.15) is 0 Å². The van der Waals surface area contributed by atoms with Gasteiger partial charge in [0.05, 0.1) is 25.4 Å². The predicted octanol–water partition coefficient (Wildman–Crippen LogP) is 8.81. The molecule has 0 spiro atoms. The Kier molecular flexibility index (Phi) is 15.3. The third-order valence-electron chi connectivity index (χ3n) is 6.50. The first-order valence-corrected chi connectivity index (χ1v) is 13.6. The van der Waals surface area contributed by atoms with Crippen LogP contribution in [0, 0.1) is 5.41 Å². The maximum atomic E-state index is 10.5. The van der Waals surface area contributed by atoms with Gasteiger partial charge in [0.15, 0.2) is 0 Å². The topological polar surface area (TPSA) is 42.1 Å². The number of epoxide rings is 2. The van der Waals surface area contributed by atoms with Crippen molar-refractivity contribution in [1.82, 2.24) is 0 Å². The van der Waals surface area contributed by atoms with Crippen LogP contribution in [0.4, 0.5) is 0 Å².